The van der Waals surface area contributed by atoms with Crippen LogP contribution >= 0.6 is 0 Å². The molecule has 1 aromatic heterocycles. The van der Waals surface area contributed by atoms with Crippen molar-refractivity contribution < 1.29 is 5.11 Å². The summed E-state index contributed by atoms with van der Waals surface area (Å²) in [7, 11) is 0. The van der Waals surface area contributed by atoms with Crippen LogP contribution in [-0.4, -0.2) is 14.7 Å². The van der Waals surface area contributed by atoms with Gasteiger partial charge in [-0.05, 0) is 18.8 Å². The third kappa shape index (κ3) is 2.87. The van der Waals surface area contributed by atoms with Crippen molar-refractivity contribution in [3.63, 3.8) is 0 Å². The van der Waals surface area contributed by atoms with Gasteiger partial charge in [-0.15, -0.1) is 6.58 Å². The molecule has 1 heterocycles. The molecule has 2 N–H and O–H groups in total. The van der Waals surface area contributed by atoms with E-state index in [9.17, 15) is 14.7 Å². The van der Waals surface area contributed by atoms with Crippen LogP contribution in [0.3, 0.4) is 0 Å². The predicted molar refractivity (Wildman–Crippen MR) is 66.5 cm³/mol. The van der Waals surface area contributed by atoms with Crippen molar-refractivity contribution in [3.8, 4) is 5.88 Å². The Hall–Kier alpha value is -1.78. The van der Waals surface area contributed by atoms with Gasteiger partial charge in [-0.25, -0.2) is 4.79 Å². The molecule has 5 heteroatoms. The fourth-order valence-corrected chi connectivity index (χ4v) is 1.70. The van der Waals surface area contributed by atoms with Gasteiger partial charge in [0.2, 0.25) is 5.88 Å². The molecule has 1 rings (SSSR count). The average Bonchev–Trinajstić information content (AvgIpc) is 2.21. The summed E-state index contributed by atoms with van der Waals surface area (Å²) >= 11 is 0. The zero-order chi connectivity index (χ0) is 13.0. The van der Waals surface area contributed by atoms with Gasteiger partial charge in [0.25, 0.3) is 5.56 Å². The highest BCUT2D eigenvalue weighted by atomic mass is 16.3. The molecule has 5 nitrogen and oxygen atoms in total. The van der Waals surface area contributed by atoms with Gasteiger partial charge in [0.15, 0.2) is 0 Å². The maximum atomic E-state index is 11.6. The maximum Gasteiger partial charge on any atom is 0.331 e. The van der Waals surface area contributed by atoms with E-state index in [0.29, 0.717) is 13.0 Å². The van der Waals surface area contributed by atoms with Crippen molar-refractivity contribution in [2.45, 2.75) is 39.2 Å². The normalized spacial score (nSPS) is 10.8. The lowest BCUT2D eigenvalue weighted by molar-refractivity contribution is 0.386. The summed E-state index contributed by atoms with van der Waals surface area (Å²) in [6.07, 6.45) is 3.19. The summed E-state index contributed by atoms with van der Waals surface area (Å²) in [5.74, 6) is -0.359. The second-order valence-electron chi connectivity index (χ2n) is 4.23. The van der Waals surface area contributed by atoms with E-state index in [1.54, 1.807) is 19.9 Å². The molecule has 0 fully saturated rings. The minimum absolute atomic E-state index is 0.134. The van der Waals surface area contributed by atoms with Crippen LogP contribution < -0.4 is 11.2 Å². The topological polar surface area (TPSA) is 75.1 Å². The van der Waals surface area contributed by atoms with Gasteiger partial charge in [0.05, 0.1) is 5.56 Å². The van der Waals surface area contributed by atoms with Gasteiger partial charge in [-0.3, -0.25) is 14.3 Å². The number of aromatic hydroxyl groups is 1. The molecule has 0 aliphatic carbocycles. The average molecular weight is 238 g/mol. The number of unbranched alkanes of at least 4 members (excludes halogenated alkanes) is 1. The number of hydrogen-bond acceptors (Lipinski definition) is 3. The molecular formula is C12H18N2O3. The molecule has 0 bridgehead atoms. The van der Waals surface area contributed by atoms with E-state index in [1.165, 1.54) is 4.57 Å². The summed E-state index contributed by atoms with van der Waals surface area (Å²) in [4.78, 5) is 25.3. The smallest absolute Gasteiger partial charge is 0.331 e. The van der Waals surface area contributed by atoms with E-state index < -0.39 is 11.2 Å². The summed E-state index contributed by atoms with van der Waals surface area (Å²) in [6, 6.07) is 0. The number of nitrogens with one attached hydrogen (secondary N) is 1. The summed E-state index contributed by atoms with van der Waals surface area (Å²) in [5.41, 5.74) is -0.827. The number of aromatic nitrogens is 2. The molecule has 0 saturated carbocycles. The van der Waals surface area contributed by atoms with Gasteiger partial charge in [0, 0.05) is 6.54 Å². The fourth-order valence-electron chi connectivity index (χ4n) is 1.70. The van der Waals surface area contributed by atoms with Crippen LogP contribution in [0.5, 0.6) is 5.88 Å². The SMILES string of the molecule is C=CCCCn1c(O)c(C(C)C)c(=O)[nH]c1=O. The lowest BCUT2D eigenvalue weighted by Gasteiger charge is -2.12. The Morgan fingerprint density at radius 1 is 1.47 bits per heavy atom. The largest absolute Gasteiger partial charge is 0.494 e. The van der Waals surface area contributed by atoms with Crippen LogP contribution in [0.4, 0.5) is 0 Å². The lowest BCUT2D eigenvalue weighted by atomic mass is 10.1. The number of H-pyrrole nitrogens is 1. The number of hydrogen-bond donors (Lipinski definition) is 2. The Labute approximate surface area is 99.4 Å². The predicted octanol–water partition coefficient (Wildman–Crippen LogP) is 1.33. The fraction of sp³-hybridized carbons (Fsp3) is 0.500. The minimum atomic E-state index is -0.569. The van der Waals surface area contributed by atoms with E-state index in [1.807, 2.05) is 0 Å². The lowest BCUT2D eigenvalue weighted by Crippen LogP contribution is -2.32. The van der Waals surface area contributed by atoms with Gasteiger partial charge < -0.3 is 5.11 Å². The van der Waals surface area contributed by atoms with E-state index in [2.05, 4.69) is 11.6 Å². The molecule has 0 spiro atoms. The van der Waals surface area contributed by atoms with Gasteiger partial charge in [0.1, 0.15) is 0 Å². The first-order chi connectivity index (χ1) is 7.99. The molecule has 0 unspecified atom stereocenters. The number of allylic oxidation sites excluding steroid dienone is 1. The van der Waals surface area contributed by atoms with Crippen molar-refractivity contribution in [1.29, 1.82) is 0 Å². The van der Waals surface area contributed by atoms with Crippen LogP contribution in [0.15, 0.2) is 22.2 Å². The monoisotopic (exact) mass is 238 g/mol. The van der Waals surface area contributed by atoms with Crippen molar-refractivity contribution >= 4 is 0 Å². The van der Waals surface area contributed by atoms with Crippen molar-refractivity contribution in [2.24, 2.45) is 0 Å². The Morgan fingerprint density at radius 2 is 2.12 bits per heavy atom. The zero-order valence-electron chi connectivity index (χ0n) is 10.2. The van der Waals surface area contributed by atoms with Crippen LogP contribution in [0, 0.1) is 0 Å². The van der Waals surface area contributed by atoms with E-state index in [4.69, 9.17) is 0 Å². The molecule has 0 saturated heterocycles. The molecule has 1 aromatic rings. The highest BCUT2D eigenvalue weighted by Crippen LogP contribution is 2.19. The second-order valence-corrected chi connectivity index (χ2v) is 4.23. The van der Waals surface area contributed by atoms with Crippen molar-refractivity contribution in [3.05, 3.63) is 39.1 Å². The number of rotatable bonds is 5. The van der Waals surface area contributed by atoms with Crippen LogP contribution in [0.2, 0.25) is 0 Å². The van der Waals surface area contributed by atoms with Crippen LogP contribution in [0.25, 0.3) is 0 Å². The molecule has 0 aliphatic rings. The van der Waals surface area contributed by atoms with Gasteiger partial charge in [-0.2, -0.15) is 0 Å². The second kappa shape index (κ2) is 5.52. The highest BCUT2D eigenvalue weighted by molar-refractivity contribution is 5.25. The summed E-state index contributed by atoms with van der Waals surface area (Å²) in [6.45, 7) is 7.55. The van der Waals surface area contributed by atoms with Gasteiger partial charge in [-0.1, -0.05) is 19.9 Å². The van der Waals surface area contributed by atoms with E-state index >= 15 is 0 Å². The first-order valence-electron chi connectivity index (χ1n) is 5.66. The standard InChI is InChI=1S/C12H18N2O3/c1-4-5-6-7-14-11(16)9(8(2)3)10(15)13-12(14)17/h4,8,16H,1,5-7H2,2-3H3,(H,13,15,17). The molecule has 0 radical (unpaired) electrons. The van der Waals surface area contributed by atoms with Crippen LogP contribution in [-0.2, 0) is 6.54 Å². The molecule has 94 valence electrons. The Kier molecular flexibility index (Phi) is 4.31. The van der Waals surface area contributed by atoms with E-state index in [0.717, 1.165) is 6.42 Å². The highest BCUT2D eigenvalue weighted by Gasteiger charge is 2.16. The maximum absolute atomic E-state index is 11.6. The molecule has 0 amide bonds. The first-order valence-corrected chi connectivity index (χ1v) is 5.66. The molecule has 0 aliphatic heterocycles. The molecule has 0 aromatic carbocycles. The van der Waals surface area contributed by atoms with Crippen LogP contribution in [0.1, 0.15) is 38.2 Å². The molecule has 17 heavy (non-hydrogen) atoms. The Bertz CT molecular complexity index is 511. The number of nitrogens with zero attached hydrogens (tertiary/aromatic N) is 1. The Morgan fingerprint density at radius 3 is 2.65 bits per heavy atom. The minimum Gasteiger partial charge on any atom is -0.494 e. The summed E-state index contributed by atoms with van der Waals surface area (Å²) in [5, 5.41) is 9.94. The van der Waals surface area contributed by atoms with Gasteiger partial charge >= 0.3 is 5.69 Å². The third-order valence-corrected chi connectivity index (χ3v) is 2.57. The molecular weight excluding hydrogens is 220 g/mol. The summed E-state index contributed by atoms with van der Waals surface area (Å²) < 4.78 is 1.19. The van der Waals surface area contributed by atoms with Crippen molar-refractivity contribution in [2.75, 3.05) is 0 Å². The Balaban J connectivity index is 3.21. The zero-order valence-corrected chi connectivity index (χ0v) is 10.2. The van der Waals surface area contributed by atoms with E-state index in [-0.39, 0.29) is 17.4 Å². The molecule has 0 atom stereocenters. The quantitative estimate of drug-likeness (QED) is 0.600. The number of aromatic amines is 1. The van der Waals surface area contributed by atoms with Crippen molar-refractivity contribution in [1.82, 2.24) is 9.55 Å². The first kappa shape index (κ1) is 13.3. The third-order valence-electron chi connectivity index (χ3n) is 2.57.